The molecule has 1 heterocycles. The molecule has 0 atom stereocenters. The van der Waals surface area contributed by atoms with E-state index in [1.807, 2.05) is 6.92 Å². The quantitative estimate of drug-likeness (QED) is 0.140. The van der Waals surface area contributed by atoms with E-state index >= 15 is 0 Å². The van der Waals surface area contributed by atoms with Gasteiger partial charge in [0.25, 0.3) is 0 Å². The van der Waals surface area contributed by atoms with Crippen molar-refractivity contribution >= 4 is 0 Å². The second kappa shape index (κ2) is 30.0. The molecule has 0 N–H and O–H groups in total. The smallest absolute Gasteiger partial charge is 0.0607 e. The van der Waals surface area contributed by atoms with E-state index in [-0.39, 0.29) is 0 Å². The van der Waals surface area contributed by atoms with E-state index < -0.39 is 0 Å². The topological polar surface area (TPSA) is 6.48 Å². The van der Waals surface area contributed by atoms with E-state index in [0.717, 1.165) is 32.6 Å². The maximum atomic E-state index is 5.17. The number of aryl methyl sites for hydroxylation is 2. The number of hydrogen-bond acceptors (Lipinski definition) is 2. The lowest BCUT2D eigenvalue weighted by atomic mass is 9.97. The van der Waals surface area contributed by atoms with E-state index in [4.69, 9.17) is 12.8 Å². The average Bonchev–Trinajstić information content (AvgIpc) is 3.43. The highest BCUT2D eigenvalue weighted by atomic mass is 15.1. The van der Waals surface area contributed by atoms with Crippen molar-refractivity contribution in [3.05, 3.63) is 96.6 Å². The molecule has 0 fully saturated rings. The number of rotatable bonds is 12. The Morgan fingerprint density at radius 2 is 1.37 bits per heavy atom. The van der Waals surface area contributed by atoms with Crippen LogP contribution in [-0.4, -0.2) is 29.4 Å². The fraction of sp³-hybridized carbons (Fsp3) is 0.463. The third-order valence-electron chi connectivity index (χ3n) is 6.78. The molecular formula is C41H60N2. The van der Waals surface area contributed by atoms with Gasteiger partial charge in [-0.2, -0.15) is 0 Å². The summed E-state index contributed by atoms with van der Waals surface area (Å²) in [7, 11) is 0. The van der Waals surface area contributed by atoms with Crippen molar-refractivity contribution in [1.29, 1.82) is 0 Å². The zero-order chi connectivity index (χ0) is 32.7. The van der Waals surface area contributed by atoms with Gasteiger partial charge in [-0.3, -0.25) is 9.80 Å². The molecule has 0 saturated carbocycles. The van der Waals surface area contributed by atoms with Gasteiger partial charge in [0, 0.05) is 32.6 Å². The summed E-state index contributed by atoms with van der Waals surface area (Å²) in [6, 6.07) is 15.7. The fourth-order valence-corrected chi connectivity index (χ4v) is 4.53. The van der Waals surface area contributed by atoms with Gasteiger partial charge in [0.2, 0.25) is 0 Å². The lowest BCUT2D eigenvalue weighted by molar-refractivity contribution is 0.275. The number of hydrogen-bond donors (Lipinski definition) is 0. The van der Waals surface area contributed by atoms with Gasteiger partial charge in [-0.25, -0.2) is 0 Å². The molecule has 43 heavy (non-hydrogen) atoms. The molecule has 2 aromatic carbocycles. The van der Waals surface area contributed by atoms with Crippen LogP contribution in [0.3, 0.4) is 0 Å². The van der Waals surface area contributed by atoms with Gasteiger partial charge in [0.05, 0.1) is 13.1 Å². The van der Waals surface area contributed by atoms with Crippen molar-refractivity contribution in [1.82, 2.24) is 9.80 Å². The molecule has 3 rings (SSSR count). The lowest BCUT2D eigenvalue weighted by Gasteiger charge is -2.15. The SMILES string of the molecule is C#CCN(CC#C)CCCC.C=C.C=C.CC#CCCCC.CCCCc1cc2c(cc1C)CN(Cc1ccccc1)C2. The predicted molar refractivity (Wildman–Crippen MR) is 194 cm³/mol. The van der Waals surface area contributed by atoms with Gasteiger partial charge >= 0.3 is 0 Å². The number of terminal acetylenes is 2. The second-order valence-electron chi connectivity index (χ2n) is 10.3. The van der Waals surface area contributed by atoms with Crippen molar-refractivity contribution < 1.29 is 0 Å². The van der Waals surface area contributed by atoms with Crippen molar-refractivity contribution in [2.45, 2.75) is 106 Å². The Morgan fingerprint density at radius 3 is 1.88 bits per heavy atom. The summed E-state index contributed by atoms with van der Waals surface area (Å²) in [5.74, 6) is 11.0. The Hall–Kier alpha value is -3.48. The lowest BCUT2D eigenvalue weighted by Crippen LogP contribution is -2.25. The maximum absolute atomic E-state index is 5.17. The van der Waals surface area contributed by atoms with Crippen molar-refractivity contribution in [3.63, 3.8) is 0 Å². The van der Waals surface area contributed by atoms with Crippen LogP contribution in [0.15, 0.2) is 68.8 Å². The Labute approximate surface area is 267 Å². The summed E-state index contributed by atoms with van der Waals surface area (Å²) in [5.41, 5.74) is 7.51. The average molecular weight is 581 g/mol. The van der Waals surface area contributed by atoms with E-state index in [1.54, 1.807) is 11.1 Å². The normalized spacial score (nSPS) is 10.7. The second-order valence-corrected chi connectivity index (χ2v) is 10.3. The highest BCUT2D eigenvalue weighted by molar-refractivity contribution is 5.40. The van der Waals surface area contributed by atoms with Gasteiger partial charge in [0.1, 0.15) is 0 Å². The summed E-state index contributed by atoms with van der Waals surface area (Å²) in [6.45, 7) is 28.4. The number of benzene rings is 2. The van der Waals surface area contributed by atoms with Crippen LogP contribution in [-0.2, 0) is 26.1 Å². The summed E-state index contributed by atoms with van der Waals surface area (Å²) >= 11 is 0. The minimum Gasteiger partial charge on any atom is -0.291 e. The number of fused-ring (bicyclic) bond motifs is 1. The third kappa shape index (κ3) is 20.1. The molecule has 0 bridgehead atoms. The van der Waals surface area contributed by atoms with Crippen LogP contribution < -0.4 is 0 Å². The molecule has 0 saturated heterocycles. The molecule has 1 aliphatic rings. The predicted octanol–water partition coefficient (Wildman–Crippen LogP) is 10.0. The van der Waals surface area contributed by atoms with Gasteiger partial charge in [-0.05, 0) is 67.3 Å². The number of unbranched alkanes of at least 4 members (excludes halogenated alkanes) is 4. The van der Waals surface area contributed by atoms with E-state index in [0.29, 0.717) is 13.1 Å². The van der Waals surface area contributed by atoms with Crippen molar-refractivity contribution in [2.24, 2.45) is 0 Å². The molecule has 0 spiro atoms. The summed E-state index contributed by atoms with van der Waals surface area (Å²) in [6.07, 6.45) is 20.1. The fourth-order valence-electron chi connectivity index (χ4n) is 4.53. The summed E-state index contributed by atoms with van der Waals surface area (Å²) in [5, 5.41) is 0. The number of nitrogens with zero attached hydrogens (tertiary/aromatic N) is 2. The van der Waals surface area contributed by atoms with E-state index in [2.05, 4.69) is 130 Å². The van der Waals surface area contributed by atoms with Gasteiger partial charge in [-0.1, -0.05) is 94.3 Å². The van der Waals surface area contributed by atoms with Crippen LogP contribution in [0, 0.1) is 43.5 Å². The van der Waals surface area contributed by atoms with E-state index in [9.17, 15) is 0 Å². The van der Waals surface area contributed by atoms with Crippen LogP contribution in [0.5, 0.6) is 0 Å². The van der Waals surface area contributed by atoms with Crippen molar-refractivity contribution in [3.8, 4) is 36.5 Å². The minimum absolute atomic E-state index is 0.671. The Balaban J connectivity index is 0. The van der Waals surface area contributed by atoms with Crippen LogP contribution in [0.4, 0.5) is 0 Å². The van der Waals surface area contributed by atoms with Crippen LogP contribution in [0.2, 0.25) is 0 Å². The molecule has 2 heteroatoms. The Morgan fingerprint density at radius 1 is 0.814 bits per heavy atom. The maximum Gasteiger partial charge on any atom is 0.0607 e. The molecule has 0 unspecified atom stereocenters. The van der Waals surface area contributed by atoms with Gasteiger partial charge in [-0.15, -0.1) is 51.0 Å². The molecule has 0 aliphatic carbocycles. The first kappa shape index (κ1) is 41.7. The van der Waals surface area contributed by atoms with Crippen LogP contribution in [0.25, 0.3) is 0 Å². The molecule has 0 aromatic heterocycles. The first-order chi connectivity index (χ1) is 21.0. The van der Waals surface area contributed by atoms with E-state index in [1.165, 1.54) is 61.6 Å². The molecule has 234 valence electrons. The first-order valence-electron chi connectivity index (χ1n) is 15.9. The zero-order valence-corrected chi connectivity index (χ0v) is 28.3. The third-order valence-corrected chi connectivity index (χ3v) is 6.78. The Kier molecular flexibility index (Phi) is 29.1. The monoisotopic (exact) mass is 580 g/mol. The first-order valence-corrected chi connectivity index (χ1v) is 15.9. The minimum atomic E-state index is 0.671. The van der Waals surface area contributed by atoms with Crippen LogP contribution in [0.1, 0.15) is 100 Å². The van der Waals surface area contributed by atoms with Crippen molar-refractivity contribution in [2.75, 3.05) is 19.6 Å². The Bertz CT molecular complexity index is 1070. The van der Waals surface area contributed by atoms with Gasteiger partial charge in [0.15, 0.2) is 0 Å². The molecular weight excluding hydrogens is 520 g/mol. The molecule has 2 aromatic rings. The summed E-state index contributed by atoms with van der Waals surface area (Å²) in [4.78, 5) is 4.65. The summed E-state index contributed by atoms with van der Waals surface area (Å²) < 4.78 is 0. The molecule has 2 nitrogen and oxygen atoms in total. The highest BCUT2D eigenvalue weighted by Gasteiger charge is 2.20. The highest BCUT2D eigenvalue weighted by Crippen LogP contribution is 2.28. The molecule has 1 aliphatic heterocycles. The van der Waals surface area contributed by atoms with Gasteiger partial charge < -0.3 is 0 Å². The molecule has 0 amide bonds. The molecule has 0 radical (unpaired) electrons. The standard InChI is InChI=1S/C20H25N.C10H15N.C7H12.2C2H4/c1-3-4-10-18-12-20-15-21(14-19(20)11-16(18)2)13-17-8-6-5-7-9-17;1-4-7-10-11(8-5-2)9-6-3;1-3-5-7-6-4-2;2*1-2/h5-9,11-12H,3-4,10,13-15H2,1-2H3;2-3H,4,7-10H2,1H3;3,5,7H2,1-2H3;2*1-2H2. The van der Waals surface area contributed by atoms with Crippen LogP contribution >= 0.6 is 0 Å². The largest absolute Gasteiger partial charge is 0.291 e. The zero-order valence-electron chi connectivity index (χ0n) is 28.3.